The zero-order valence-electron chi connectivity index (χ0n) is 14.7. The minimum Gasteiger partial charge on any atom is -0.459 e. The van der Waals surface area contributed by atoms with Crippen LogP contribution in [-0.4, -0.2) is 43.6 Å². The molecule has 0 saturated carbocycles. The standard InChI is InChI=1S/C21H18O6/c1-25-18-12-16(19(22)14-8-4-2-5-9-14)20(23)17(27-18)13-26-21(24)15-10-6-3-7-11-15/h2-12,17-18H,13H2,1H3/t17-,18+/m1/s1. The van der Waals surface area contributed by atoms with E-state index in [1.165, 1.54) is 13.2 Å². The molecule has 0 aliphatic carbocycles. The number of hydrogen-bond donors (Lipinski definition) is 0. The molecule has 0 aromatic heterocycles. The van der Waals surface area contributed by atoms with E-state index in [1.807, 2.05) is 0 Å². The zero-order valence-corrected chi connectivity index (χ0v) is 14.7. The van der Waals surface area contributed by atoms with Crippen molar-refractivity contribution in [1.29, 1.82) is 0 Å². The number of benzene rings is 2. The van der Waals surface area contributed by atoms with Crippen molar-refractivity contribution in [2.24, 2.45) is 0 Å². The van der Waals surface area contributed by atoms with Gasteiger partial charge in [-0.1, -0.05) is 48.5 Å². The van der Waals surface area contributed by atoms with Crippen LogP contribution in [0.1, 0.15) is 20.7 Å². The monoisotopic (exact) mass is 366 g/mol. The highest BCUT2D eigenvalue weighted by Gasteiger charge is 2.35. The maximum atomic E-state index is 12.7. The third-order valence-corrected chi connectivity index (χ3v) is 4.05. The van der Waals surface area contributed by atoms with Crippen molar-refractivity contribution < 1.29 is 28.6 Å². The molecule has 1 heterocycles. The van der Waals surface area contributed by atoms with Gasteiger partial charge in [-0.3, -0.25) is 9.59 Å². The van der Waals surface area contributed by atoms with Gasteiger partial charge in [0, 0.05) is 12.7 Å². The summed E-state index contributed by atoms with van der Waals surface area (Å²) >= 11 is 0. The predicted octanol–water partition coefficient (Wildman–Crippen LogP) is 2.59. The number of rotatable bonds is 6. The lowest BCUT2D eigenvalue weighted by Crippen LogP contribution is -2.41. The molecule has 0 radical (unpaired) electrons. The third-order valence-electron chi connectivity index (χ3n) is 4.05. The first kappa shape index (κ1) is 18.7. The summed E-state index contributed by atoms with van der Waals surface area (Å²) in [5, 5.41) is 0. The van der Waals surface area contributed by atoms with Crippen LogP contribution in [0.5, 0.6) is 0 Å². The van der Waals surface area contributed by atoms with E-state index in [2.05, 4.69) is 0 Å². The number of hydrogen-bond acceptors (Lipinski definition) is 6. The Hall–Kier alpha value is -3.09. The van der Waals surface area contributed by atoms with Crippen LogP contribution in [0.15, 0.2) is 72.3 Å². The summed E-state index contributed by atoms with van der Waals surface area (Å²) in [7, 11) is 1.40. The molecule has 0 spiro atoms. The highest BCUT2D eigenvalue weighted by molar-refractivity contribution is 6.27. The molecule has 138 valence electrons. The molecule has 3 rings (SSSR count). The quantitative estimate of drug-likeness (QED) is 0.444. The molecule has 0 unspecified atom stereocenters. The van der Waals surface area contributed by atoms with E-state index in [1.54, 1.807) is 60.7 Å². The Morgan fingerprint density at radius 2 is 1.56 bits per heavy atom. The summed E-state index contributed by atoms with van der Waals surface area (Å²) in [5.74, 6) is -1.55. The fourth-order valence-electron chi connectivity index (χ4n) is 2.63. The van der Waals surface area contributed by atoms with Crippen LogP contribution >= 0.6 is 0 Å². The minimum atomic E-state index is -1.12. The van der Waals surface area contributed by atoms with Crippen molar-refractivity contribution in [2.45, 2.75) is 12.4 Å². The molecule has 27 heavy (non-hydrogen) atoms. The SMILES string of the molecule is CO[C@@H]1C=C(C(=O)c2ccccc2)C(=O)[C@@H](COC(=O)c2ccccc2)O1. The summed E-state index contributed by atoms with van der Waals surface area (Å²) in [5.41, 5.74) is 0.703. The molecule has 6 nitrogen and oxygen atoms in total. The lowest BCUT2D eigenvalue weighted by Gasteiger charge is -2.26. The van der Waals surface area contributed by atoms with Gasteiger partial charge in [-0.05, 0) is 18.2 Å². The fraction of sp³-hybridized carbons (Fsp3) is 0.190. The summed E-state index contributed by atoms with van der Waals surface area (Å²) in [4.78, 5) is 37.4. The Kier molecular flexibility index (Phi) is 5.90. The van der Waals surface area contributed by atoms with Gasteiger partial charge in [-0.15, -0.1) is 0 Å². The summed E-state index contributed by atoms with van der Waals surface area (Å²) in [6.45, 7) is -0.314. The Balaban J connectivity index is 1.74. The fourth-order valence-corrected chi connectivity index (χ4v) is 2.63. The molecule has 6 heteroatoms. The van der Waals surface area contributed by atoms with E-state index in [0.29, 0.717) is 11.1 Å². The van der Waals surface area contributed by atoms with Crippen LogP contribution in [0.2, 0.25) is 0 Å². The van der Waals surface area contributed by atoms with E-state index >= 15 is 0 Å². The number of ether oxygens (including phenoxy) is 3. The predicted molar refractivity (Wildman–Crippen MR) is 96.3 cm³/mol. The maximum Gasteiger partial charge on any atom is 0.338 e. The molecule has 0 amide bonds. The molecular weight excluding hydrogens is 348 g/mol. The van der Waals surface area contributed by atoms with Gasteiger partial charge in [-0.25, -0.2) is 4.79 Å². The van der Waals surface area contributed by atoms with Crippen LogP contribution in [0, 0.1) is 0 Å². The van der Waals surface area contributed by atoms with E-state index in [0.717, 1.165) is 0 Å². The Labute approximate surface area is 156 Å². The van der Waals surface area contributed by atoms with Crippen molar-refractivity contribution in [2.75, 3.05) is 13.7 Å². The number of Topliss-reactive ketones (excluding diaryl/α,β-unsaturated/α-hetero) is 2. The highest BCUT2D eigenvalue weighted by atomic mass is 16.7. The zero-order chi connectivity index (χ0) is 19.2. The van der Waals surface area contributed by atoms with Gasteiger partial charge < -0.3 is 14.2 Å². The number of esters is 1. The van der Waals surface area contributed by atoms with Gasteiger partial charge in [0.1, 0.15) is 6.61 Å². The van der Waals surface area contributed by atoms with Gasteiger partial charge in [0.15, 0.2) is 24.0 Å². The Morgan fingerprint density at radius 1 is 0.963 bits per heavy atom. The summed E-state index contributed by atoms with van der Waals surface area (Å²) in [6.07, 6.45) is -0.659. The van der Waals surface area contributed by atoms with Crippen molar-refractivity contribution in [1.82, 2.24) is 0 Å². The Morgan fingerprint density at radius 3 is 2.15 bits per heavy atom. The first-order chi connectivity index (χ1) is 13.1. The number of carbonyl (C=O) groups is 3. The molecule has 0 saturated heterocycles. The molecule has 2 aromatic carbocycles. The van der Waals surface area contributed by atoms with Crippen molar-refractivity contribution in [3.63, 3.8) is 0 Å². The van der Waals surface area contributed by atoms with Gasteiger partial charge in [0.05, 0.1) is 11.1 Å². The minimum absolute atomic E-state index is 0.0416. The normalized spacial score (nSPS) is 19.3. The largest absolute Gasteiger partial charge is 0.459 e. The summed E-state index contributed by atoms with van der Waals surface area (Å²) in [6, 6.07) is 16.9. The van der Waals surface area contributed by atoms with E-state index in [4.69, 9.17) is 14.2 Å². The summed E-state index contributed by atoms with van der Waals surface area (Å²) < 4.78 is 15.8. The van der Waals surface area contributed by atoms with E-state index in [9.17, 15) is 14.4 Å². The van der Waals surface area contributed by atoms with Crippen LogP contribution < -0.4 is 0 Å². The van der Waals surface area contributed by atoms with Gasteiger partial charge in [-0.2, -0.15) is 0 Å². The van der Waals surface area contributed by atoms with Crippen molar-refractivity contribution in [3.05, 3.63) is 83.4 Å². The van der Waals surface area contributed by atoms with Gasteiger partial charge >= 0.3 is 5.97 Å². The van der Waals surface area contributed by atoms with E-state index in [-0.39, 0.29) is 12.2 Å². The van der Waals surface area contributed by atoms with Crippen LogP contribution in [0.3, 0.4) is 0 Å². The lowest BCUT2D eigenvalue weighted by atomic mass is 9.95. The van der Waals surface area contributed by atoms with Gasteiger partial charge in [0.2, 0.25) is 0 Å². The molecule has 0 bridgehead atoms. The molecule has 1 aliphatic heterocycles. The molecule has 2 atom stereocenters. The van der Waals surface area contributed by atoms with Crippen LogP contribution in [-0.2, 0) is 19.0 Å². The topological polar surface area (TPSA) is 78.9 Å². The highest BCUT2D eigenvalue weighted by Crippen LogP contribution is 2.21. The second-order valence-corrected chi connectivity index (χ2v) is 5.83. The van der Waals surface area contributed by atoms with Crippen LogP contribution in [0.25, 0.3) is 0 Å². The maximum absolute atomic E-state index is 12.7. The average Bonchev–Trinajstić information content (AvgIpc) is 2.73. The first-order valence-corrected chi connectivity index (χ1v) is 8.36. The van der Waals surface area contributed by atoms with E-state index < -0.39 is 29.9 Å². The molecule has 1 aliphatic rings. The molecule has 0 N–H and O–H groups in total. The number of methoxy groups -OCH3 is 1. The first-order valence-electron chi connectivity index (χ1n) is 8.36. The van der Waals surface area contributed by atoms with Crippen molar-refractivity contribution >= 4 is 17.5 Å². The van der Waals surface area contributed by atoms with Crippen molar-refractivity contribution in [3.8, 4) is 0 Å². The smallest absolute Gasteiger partial charge is 0.338 e. The average molecular weight is 366 g/mol. The molecule has 0 fully saturated rings. The van der Waals surface area contributed by atoms with Crippen LogP contribution in [0.4, 0.5) is 0 Å². The second kappa shape index (κ2) is 8.53. The second-order valence-electron chi connectivity index (χ2n) is 5.83. The van der Waals surface area contributed by atoms with Gasteiger partial charge in [0.25, 0.3) is 0 Å². The third kappa shape index (κ3) is 4.36. The number of carbonyl (C=O) groups excluding carboxylic acids is 3. The number of ketones is 2. The lowest BCUT2D eigenvalue weighted by molar-refractivity contribution is -0.162. The molecule has 2 aromatic rings. The molecular formula is C21H18O6. The Bertz CT molecular complexity index is 857.